The highest BCUT2D eigenvalue weighted by Gasteiger charge is 2.41. The van der Waals surface area contributed by atoms with Crippen LogP contribution in [0.4, 0.5) is 0 Å². The Morgan fingerprint density at radius 1 is 0.611 bits per heavy atom. The summed E-state index contributed by atoms with van der Waals surface area (Å²) in [5, 5.41) is 38.5. The largest absolute Gasteiger partial charge is 0.507 e. The van der Waals surface area contributed by atoms with Crippen LogP contribution >= 0.6 is 0 Å². The number of phenols is 2. The van der Waals surface area contributed by atoms with E-state index in [0.717, 1.165) is 44.5 Å². The maximum atomic E-state index is 11.3. The molecule has 8 heteroatoms. The van der Waals surface area contributed by atoms with E-state index in [4.69, 9.17) is 9.47 Å². The van der Waals surface area contributed by atoms with Crippen LogP contribution in [0.3, 0.4) is 0 Å². The van der Waals surface area contributed by atoms with Crippen molar-refractivity contribution in [3.05, 3.63) is 44.5 Å². The molecule has 2 aromatic carbocycles. The molecule has 0 bridgehead atoms. The van der Waals surface area contributed by atoms with E-state index in [0.29, 0.717) is 37.2 Å². The van der Waals surface area contributed by atoms with Crippen LogP contribution in [0, 0.1) is 41.5 Å². The first kappa shape index (κ1) is 27.2. The van der Waals surface area contributed by atoms with Crippen LogP contribution in [-0.2, 0) is 22.4 Å². The van der Waals surface area contributed by atoms with Crippen molar-refractivity contribution in [1.29, 1.82) is 0 Å². The Labute approximate surface area is 211 Å². The van der Waals surface area contributed by atoms with E-state index in [2.05, 4.69) is 0 Å². The highest BCUT2D eigenvalue weighted by Crippen LogP contribution is 2.44. The minimum atomic E-state index is -1.17. The van der Waals surface area contributed by atoms with Gasteiger partial charge in [0.1, 0.15) is 23.0 Å². The summed E-state index contributed by atoms with van der Waals surface area (Å²) in [6, 6.07) is 0. The second-order valence-corrected chi connectivity index (χ2v) is 10.3. The second-order valence-electron chi connectivity index (χ2n) is 10.3. The van der Waals surface area contributed by atoms with Gasteiger partial charge in [-0.1, -0.05) is 0 Å². The van der Waals surface area contributed by atoms with Gasteiger partial charge >= 0.3 is 11.9 Å². The van der Waals surface area contributed by atoms with Gasteiger partial charge in [0, 0.05) is 24.0 Å². The number of ether oxygens (including phenoxy) is 2. The number of hydrogen-bond donors (Lipinski definition) is 4. The van der Waals surface area contributed by atoms with Crippen LogP contribution in [0.2, 0.25) is 0 Å². The Kier molecular flexibility index (Phi) is 6.96. The molecule has 0 radical (unpaired) electrons. The summed E-state index contributed by atoms with van der Waals surface area (Å²) in [4.78, 5) is 22.5. The van der Waals surface area contributed by atoms with Crippen molar-refractivity contribution in [3.8, 4) is 23.0 Å². The molecule has 2 atom stereocenters. The van der Waals surface area contributed by atoms with Crippen LogP contribution in [0.15, 0.2) is 0 Å². The number of hydrogen-bond acceptors (Lipinski definition) is 6. The lowest BCUT2D eigenvalue weighted by Gasteiger charge is -2.34. The van der Waals surface area contributed by atoms with Gasteiger partial charge in [0.15, 0.2) is 0 Å². The first-order valence-corrected chi connectivity index (χ1v) is 12.0. The Bertz CT molecular complexity index is 1160. The number of rotatable bonds is 2. The predicted octanol–water partition coefficient (Wildman–Crippen LogP) is 4.97. The molecule has 0 saturated heterocycles. The molecule has 2 aromatic rings. The van der Waals surface area contributed by atoms with Crippen molar-refractivity contribution in [2.75, 3.05) is 0 Å². The van der Waals surface area contributed by atoms with Crippen molar-refractivity contribution in [1.82, 2.24) is 0 Å². The second kappa shape index (κ2) is 9.22. The average molecular weight is 501 g/mol. The lowest BCUT2D eigenvalue weighted by Crippen LogP contribution is -2.44. The molecular formula is C28H36O8. The zero-order valence-corrected chi connectivity index (χ0v) is 22.3. The van der Waals surface area contributed by atoms with Crippen molar-refractivity contribution in [2.45, 2.75) is 92.3 Å². The molecule has 4 rings (SSSR count). The number of carboxylic acids is 2. The molecule has 0 fully saturated rings. The number of fused-ring (bicyclic) bond motifs is 2. The highest BCUT2D eigenvalue weighted by molar-refractivity contribution is 5.79. The van der Waals surface area contributed by atoms with Gasteiger partial charge in [-0.15, -0.1) is 0 Å². The normalized spacial score (nSPS) is 22.2. The van der Waals surface area contributed by atoms with E-state index < -0.39 is 23.1 Å². The minimum absolute atomic E-state index is 0.286. The first-order chi connectivity index (χ1) is 16.6. The number of carbonyl (C=O) groups is 2. The monoisotopic (exact) mass is 500 g/mol. The van der Waals surface area contributed by atoms with E-state index in [1.54, 1.807) is 13.8 Å². The molecule has 36 heavy (non-hydrogen) atoms. The lowest BCUT2D eigenvalue weighted by atomic mass is 9.87. The van der Waals surface area contributed by atoms with Crippen molar-refractivity contribution in [3.63, 3.8) is 0 Å². The lowest BCUT2D eigenvalue weighted by molar-refractivity contribution is -0.155. The fraction of sp³-hybridized carbons (Fsp3) is 0.500. The van der Waals surface area contributed by atoms with E-state index in [1.165, 1.54) is 0 Å². The quantitative estimate of drug-likeness (QED) is 0.454. The molecule has 0 aliphatic carbocycles. The Hall–Kier alpha value is -3.42. The maximum Gasteiger partial charge on any atom is 0.347 e. The van der Waals surface area contributed by atoms with Gasteiger partial charge in [-0.3, -0.25) is 0 Å². The van der Waals surface area contributed by atoms with Crippen molar-refractivity contribution < 1.29 is 39.5 Å². The fourth-order valence-electron chi connectivity index (χ4n) is 4.80. The molecule has 0 saturated carbocycles. The van der Waals surface area contributed by atoms with Crippen LogP contribution in [0.5, 0.6) is 23.0 Å². The number of phenolic OH excluding ortho intramolecular Hbond substituents is 2. The summed E-state index contributed by atoms with van der Waals surface area (Å²) in [6.07, 6.45) is 2.05. The van der Waals surface area contributed by atoms with Gasteiger partial charge in [-0.2, -0.15) is 0 Å². The van der Waals surface area contributed by atoms with Crippen LogP contribution in [0.25, 0.3) is 0 Å². The Morgan fingerprint density at radius 3 is 1.19 bits per heavy atom. The van der Waals surface area contributed by atoms with Crippen LogP contribution < -0.4 is 9.47 Å². The SMILES string of the molecule is Cc1c(C)c2c(c(C)c1O)CCC(C)(C(=O)O)O2.Cc1c(C)c2c(c(C)c1O)CCC(C)(C(=O)O)O2. The zero-order valence-electron chi connectivity index (χ0n) is 22.3. The highest BCUT2D eigenvalue weighted by atomic mass is 16.5. The molecule has 2 aliphatic heterocycles. The van der Waals surface area contributed by atoms with Gasteiger partial charge in [-0.05, 0) is 102 Å². The standard InChI is InChI=1S/2C14H18O4/c2*1-7-8(2)12-10(9(3)11(7)15)5-6-14(4,18-12)13(16)17/h2*15H,5-6H2,1-4H3,(H,16,17). The van der Waals surface area contributed by atoms with Crippen molar-refractivity contribution >= 4 is 11.9 Å². The molecular weight excluding hydrogens is 464 g/mol. The zero-order chi connectivity index (χ0) is 27.3. The minimum Gasteiger partial charge on any atom is -0.507 e. The molecule has 0 spiro atoms. The number of aromatic hydroxyl groups is 2. The molecule has 0 amide bonds. The summed E-state index contributed by atoms with van der Waals surface area (Å²) >= 11 is 0. The first-order valence-electron chi connectivity index (χ1n) is 12.0. The molecule has 2 heterocycles. The van der Waals surface area contributed by atoms with Gasteiger partial charge in [-0.25, -0.2) is 9.59 Å². The summed E-state index contributed by atoms with van der Waals surface area (Å²) in [6.45, 7) is 14.2. The molecule has 0 aromatic heterocycles. The van der Waals surface area contributed by atoms with Gasteiger partial charge < -0.3 is 29.9 Å². The Morgan fingerprint density at radius 2 is 0.917 bits per heavy atom. The molecule has 2 unspecified atom stereocenters. The molecule has 4 N–H and O–H groups in total. The summed E-state index contributed by atoms with van der Waals surface area (Å²) in [7, 11) is 0. The number of carboxylic acid groups (broad SMARTS) is 2. The van der Waals surface area contributed by atoms with Gasteiger partial charge in [0.05, 0.1) is 0 Å². The fourth-order valence-corrected chi connectivity index (χ4v) is 4.80. The third kappa shape index (κ3) is 4.33. The van der Waals surface area contributed by atoms with Gasteiger partial charge in [0.25, 0.3) is 0 Å². The van der Waals surface area contributed by atoms with Crippen molar-refractivity contribution in [2.24, 2.45) is 0 Å². The topological polar surface area (TPSA) is 134 Å². The third-order valence-electron chi connectivity index (χ3n) is 7.94. The van der Waals surface area contributed by atoms with Gasteiger partial charge in [0.2, 0.25) is 11.2 Å². The molecule has 8 nitrogen and oxygen atoms in total. The number of benzene rings is 2. The van der Waals surface area contributed by atoms with Crippen LogP contribution in [-0.4, -0.2) is 43.6 Å². The Balaban J connectivity index is 0.000000201. The third-order valence-corrected chi connectivity index (χ3v) is 7.94. The van der Waals surface area contributed by atoms with E-state index >= 15 is 0 Å². The predicted molar refractivity (Wildman–Crippen MR) is 135 cm³/mol. The molecule has 2 aliphatic rings. The summed E-state index contributed by atoms with van der Waals surface area (Å²) in [5.74, 6) is -0.0766. The average Bonchev–Trinajstić information content (AvgIpc) is 2.83. The summed E-state index contributed by atoms with van der Waals surface area (Å²) in [5.41, 5.74) is 4.23. The number of aliphatic carboxylic acids is 2. The van der Waals surface area contributed by atoms with Crippen LogP contribution in [0.1, 0.15) is 71.2 Å². The van der Waals surface area contributed by atoms with E-state index in [-0.39, 0.29) is 11.5 Å². The molecule has 196 valence electrons. The van der Waals surface area contributed by atoms with E-state index in [9.17, 15) is 30.0 Å². The summed E-state index contributed by atoms with van der Waals surface area (Å²) < 4.78 is 11.4. The maximum absolute atomic E-state index is 11.3. The smallest absolute Gasteiger partial charge is 0.347 e. The van der Waals surface area contributed by atoms with E-state index in [1.807, 2.05) is 41.5 Å².